The maximum atomic E-state index is 10.2. The third kappa shape index (κ3) is 4.70. The van der Waals surface area contributed by atoms with Gasteiger partial charge in [-0.3, -0.25) is 0 Å². The molecule has 0 bridgehead atoms. The van der Waals surface area contributed by atoms with Crippen molar-refractivity contribution in [2.24, 2.45) is 0 Å². The monoisotopic (exact) mass is 375 g/mol. The predicted octanol–water partition coefficient (Wildman–Crippen LogP) is 1.08. The van der Waals surface area contributed by atoms with Gasteiger partial charge in [0, 0.05) is 24.6 Å². The molecule has 0 unspecified atom stereocenters. The van der Waals surface area contributed by atoms with Crippen LogP contribution in [0.15, 0.2) is 42.5 Å². The summed E-state index contributed by atoms with van der Waals surface area (Å²) in [5.74, 6) is 1.23. The van der Waals surface area contributed by atoms with Crippen LogP contribution in [0.25, 0.3) is 0 Å². The highest BCUT2D eigenvalue weighted by molar-refractivity contribution is 5.50. The number of nitrogens with two attached hydrogens (primary N) is 1. The Morgan fingerprint density at radius 3 is 2.56 bits per heavy atom. The quantitative estimate of drug-likeness (QED) is 0.559. The number of aliphatic hydroxyl groups excluding tert-OH is 3. The van der Waals surface area contributed by atoms with E-state index in [0.29, 0.717) is 17.9 Å². The van der Waals surface area contributed by atoms with Gasteiger partial charge in [-0.15, -0.1) is 0 Å². The number of anilines is 1. The number of nitrogen functional groups attached to an aromatic ring is 1. The van der Waals surface area contributed by atoms with E-state index in [1.807, 2.05) is 30.3 Å². The molecule has 27 heavy (non-hydrogen) atoms. The highest BCUT2D eigenvalue weighted by Crippen LogP contribution is 2.29. The first-order valence-corrected chi connectivity index (χ1v) is 8.80. The van der Waals surface area contributed by atoms with E-state index in [9.17, 15) is 15.3 Å². The van der Waals surface area contributed by atoms with E-state index in [1.165, 1.54) is 0 Å². The zero-order valence-corrected chi connectivity index (χ0v) is 15.1. The third-order valence-electron chi connectivity index (χ3n) is 4.60. The zero-order chi connectivity index (χ0) is 19.4. The molecule has 1 saturated heterocycles. The van der Waals surface area contributed by atoms with Crippen LogP contribution in [0.5, 0.6) is 11.5 Å². The maximum Gasteiger partial charge on any atom is 0.229 e. The summed E-state index contributed by atoms with van der Waals surface area (Å²) in [6.07, 6.45) is -3.22. The van der Waals surface area contributed by atoms with E-state index in [4.69, 9.17) is 19.9 Å². The first kappa shape index (κ1) is 19.4. The van der Waals surface area contributed by atoms with Crippen LogP contribution >= 0.6 is 0 Å². The van der Waals surface area contributed by atoms with Crippen molar-refractivity contribution in [2.75, 3.05) is 19.5 Å². The number of benzene rings is 2. The second-order valence-electron chi connectivity index (χ2n) is 6.61. The lowest BCUT2D eigenvalue weighted by Gasteiger charge is -2.36. The molecule has 0 saturated carbocycles. The van der Waals surface area contributed by atoms with Gasteiger partial charge in [-0.2, -0.15) is 0 Å². The summed E-state index contributed by atoms with van der Waals surface area (Å²) in [7, 11) is 1.62. The lowest BCUT2D eigenvalue weighted by atomic mass is 10.0. The summed E-state index contributed by atoms with van der Waals surface area (Å²) in [4.78, 5) is 0. The summed E-state index contributed by atoms with van der Waals surface area (Å²) >= 11 is 0. The van der Waals surface area contributed by atoms with Crippen molar-refractivity contribution >= 4 is 5.69 Å². The number of hydrogen-bond donors (Lipinski definition) is 4. The predicted molar refractivity (Wildman–Crippen MR) is 99.7 cm³/mol. The van der Waals surface area contributed by atoms with E-state index >= 15 is 0 Å². The van der Waals surface area contributed by atoms with Crippen LogP contribution in [-0.2, 0) is 11.2 Å². The Morgan fingerprint density at radius 2 is 1.89 bits per heavy atom. The minimum absolute atomic E-state index is 0.146. The standard InChI is InChI=1S/C20H25NO6/c1-25-15-6-2-12(3-7-15)8-13-4-5-14(21)9-18(13)27-20-19(24)17(23)10-16(11-22)26-20/h2-7,9,16-17,19-20,22-24H,8,10-11,21H2,1H3/t16-,17-,19+,20+/m0/s1. The summed E-state index contributed by atoms with van der Waals surface area (Å²) in [6.45, 7) is -0.265. The fourth-order valence-electron chi connectivity index (χ4n) is 3.05. The van der Waals surface area contributed by atoms with Gasteiger partial charge < -0.3 is 35.3 Å². The normalized spacial score (nSPS) is 25.2. The molecular weight excluding hydrogens is 350 g/mol. The lowest BCUT2D eigenvalue weighted by molar-refractivity contribution is -0.240. The van der Waals surface area contributed by atoms with E-state index in [0.717, 1.165) is 16.9 Å². The van der Waals surface area contributed by atoms with Gasteiger partial charge in [0.25, 0.3) is 0 Å². The van der Waals surface area contributed by atoms with Gasteiger partial charge >= 0.3 is 0 Å². The van der Waals surface area contributed by atoms with Crippen molar-refractivity contribution in [1.82, 2.24) is 0 Å². The largest absolute Gasteiger partial charge is 0.497 e. The topological polar surface area (TPSA) is 114 Å². The highest BCUT2D eigenvalue weighted by atomic mass is 16.7. The molecule has 1 aliphatic heterocycles. The molecule has 7 nitrogen and oxygen atoms in total. The molecule has 5 N–H and O–H groups in total. The smallest absolute Gasteiger partial charge is 0.229 e. The molecule has 1 aliphatic rings. The molecule has 0 aliphatic carbocycles. The fraction of sp³-hybridized carbons (Fsp3) is 0.400. The first-order valence-electron chi connectivity index (χ1n) is 8.80. The SMILES string of the molecule is COc1ccc(Cc2ccc(N)cc2O[C@H]2O[C@H](CO)C[C@H](O)[C@H]2O)cc1. The molecule has 0 spiro atoms. The molecule has 2 aromatic carbocycles. The van der Waals surface area contributed by atoms with Crippen LogP contribution < -0.4 is 15.2 Å². The van der Waals surface area contributed by atoms with Crippen molar-refractivity contribution in [2.45, 2.75) is 37.4 Å². The van der Waals surface area contributed by atoms with Gasteiger partial charge in [-0.05, 0) is 29.3 Å². The van der Waals surface area contributed by atoms with E-state index in [2.05, 4.69) is 0 Å². The number of rotatable bonds is 6. The molecule has 1 heterocycles. The van der Waals surface area contributed by atoms with Crippen LogP contribution in [-0.4, -0.2) is 53.6 Å². The minimum atomic E-state index is -1.22. The van der Waals surface area contributed by atoms with E-state index < -0.39 is 24.6 Å². The van der Waals surface area contributed by atoms with E-state index in [1.54, 1.807) is 19.2 Å². The van der Waals surface area contributed by atoms with Crippen LogP contribution in [0.1, 0.15) is 17.5 Å². The van der Waals surface area contributed by atoms with Crippen molar-refractivity contribution < 1.29 is 29.5 Å². The molecule has 3 rings (SSSR count). The van der Waals surface area contributed by atoms with E-state index in [-0.39, 0.29) is 13.0 Å². The van der Waals surface area contributed by atoms with Crippen molar-refractivity contribution in [1.29, 1.82) is 0 Å². The molecule has 146 valence electrons. The van der Waals surface area contributed by atoms with Gasteiger partial charge in [0.1, 0.15) is 17.6 Å². The minimum Gasteiger partial charge on any atom is -0.497 e. The van der Waals surface area contributed by atoms with Crippen LogP contribution in [0, 0.1) is 0 Å². The summed E-state index contributed by atoms with van der Waals surface area (Å²) in [5, 5.41) is 29.5. The van der Waals surface area contributed by atoms with Gasteiger partial charge in [0.15, 0.2) is 0 Å². The number of aliphatic hydroxyl groups is 3. The summed E-state index contributed by atoms with van der Waals surface area (Å²) in [6, 6.07) is 12.9. The summed E-state index contributed by atoms with van der Waals surface area (Å²) in [5.41, 5.74) is 8.30. The Hall–Kier alpha value is -2.32. The molecule has 1 fully saturated rings. The fourth-order valence-corrected chi connectivity index (χ4v) is 3.05. The van der Waals surface area contributed by atoms with Gasteiger partial charge in [0.2, 0.25) is 6.29 Å². The zero-order valence-electron chi connectivity index (χ0n) is 15.1. The molecule has 2 aromatic rings. The molecule has 4 atom stereocenters. The number of hydrogen-bond acceptors (Lipinski definition) is 7. The Morgan fingerprint density at radius 1 is 1.15 bits per heavy atom. The Bertz CT molecular complexity index is 751. The highest BCUT2D eigenvalue weighted by Gasteiger charge is 2.38. The number of methoxy groups -OCH3 is 1. The van der Waals surface area contributed by atoms with Crippen molar-refractivity contribution in [3.63, 3.8) is 0 Å². The van der Waals surface area contributed by atoms with Gasteiger partial charge in [-0.25, -0.2) is 0 Å². The average Bonchev–Trinajstić information content (AvgIpc) is 2.67. The average molecular weight is 375 g/mol. The molecule has 0 aromatic heterocycles. The Balaban J connectivity index is 1.80. The van der Waals surface area contributed by atoms with Crippen LogP contribution in [0.3, 0.4) is 0 Å². The first-order chi connectivity index (χ1) is 13.0. The lowest BCUT2D eigenvalue weighted by Crippen LogP contribution is -2.51. The Labute approximate surface area is 157 Å². The number of ether oxygens (including phenoxy) is 3. The van der Waals surface area contributed by atoms with Crippen molar-refractivity contribution in [3.8, 4) is 11.5 Å². The van der Waals surface area contributed by atoms with Crippen LogP contribution in [0.2, 0.25) is 0 Å². The van der Waals surface area contributed by atoms with Crippen LogP contribution in [0.4, 0.5) is 5.69 Å². The second-order valence-corrected chi connectivity index (χ2v) is 6.61. The van der Waals surface area contributed by atoms with Crippen molar-refractivity contribution in [3.05, 3.63) is 53.6 Å². The molecule has 0 amide bonds. The second kappa shape index (κ2) is 8.58. The van der Waals surface area contributed by atoms with Gasteiger partial charge in [-0.1, -0.05) is 18.2 Å². The maximum absolute atomic E-state index is 10.2. The molecule has 0 radical (unpaired) electrons. The Kier molecular flexibility index (Phi) is 6.18. The molecule has 7 heteroatoms. The summed E-state index contributed by atoms with van der Waals surface area (Å²) < 4.78 is 16.6. The molecular formula is C20H25NO6. The third-order valence-corrected chi connectivity index (χ3v) is 4.60. The van der Waals surface area contributed by atoms with Gasteiger partial charge in [0.05, 0.1) is 25.9 Å².